The van der Waals surface area contributed by atoms with Crippen molar-refractivity contribution in [2.24, 2.45) is 0 Å². The van der Waals surface area contributed by atoms with Gasteiger partial charge in [-0.25, -0.2) is 0 Å². The molecule has 0 N–H and O–H groups in total. The van der Waals surface area contributed by atoms with E-state index >= 15 is 0 Å². The van der Waals surface area contributed by atoms with Crippen molar-refractivity contribution in [1.82, 2.24) is 9.88 Å². The Hall–Kier alpha value is -2.98. The average Bonchev–Trinajstić information content (AvgIpc) is 2.89. The number of carbonyl (C=O) groups excluding carboxylic acids is 1. The molecule has 5 rings (SSSR count). The first-order valence-electron chi connectivity index (χ1n) is 12.1. The predicted molar refractivity (Wildman–Crippen MR) is 131 cm³/mol. The van der Waals surface area contributed by atoms with E-state index in [1.807, 2.05) is 18.2 Å². The Morgan fingerprint density at radius 2 is 1.79 bits per heavy atom. The molecular weight excluding hydrogens is 408 g/mol. The number of aromatic nitrogens is 1. The summed E-state index contributed by atoms with van der Waals surface area (Å²) in [5, 5.41) is 0. The molecule has 4 heteroatoms. The molecule has 3 aromatic rings. The zero-order chi connectivity index (χ0) is 22.7. The van der Waals surface area contributed by atoms with Gasteiger partial charge in [0.2, 0.25) is 5.91 Å². The summed E-state index contributed by atoms with van der Waals surface area (Å²) < 4.78 is 5.66. The van der Waals surface area contributed by atoms with E-state index in [2.05, 4.69) is 66.4 Å². The van der Waals surface area contributed by atoms with E-state index < -0.39 is 5.41 Å². The van der Waals surface area contributed by atoms with Crippen molar-refractivity contribution >= 4 is 5.91 Å². The molecule has 2 fully saturated rings. The molecule has 0 radical (unpaired) electrons. The van der Waals surface area contributed by atoms with Gasteiger partial charge in [0.05, 0.1) is 11.1 Å². The first-order valence-corrected chi connectivity index (χ1v) is 12.1. The number of hydrogen-bond acceptors (Lipinski definition) is 3. The highest BCUT2D eigenvalue weighted by Gasteiger charge is 2.45. The zero-order valence-corrected chi connectivity index (χ0v) is 19.4. The average molecular weight is 441 g/mol. The number of benzene rings is 2. The quantitative estimate of drug-likeness (QED) is 0.537. The summed E-state index contributed by atoms with van der Waals surface area (Å²) in [6.45, 7) is 4.94. The Balaban J connectivity index is 1.40. The fourth-order valence-corrected chi connectivity index (χ4v) is 5.45. The third-order valence-corrected chi connectivity index (χ3v) is 7.29. The smallest absolute Gasteiger partial charge is 0.233 e. The molecule has 2 aliphatic rings. The minimum atomic E-state index is -0.474. The zero-order valence-electron chi connectivity index (χ0n) is 19.4. The topological polar surface area (TPSA) is 42.4 Å². The molecule has 1 amide bonds. The van der Waals surface area contributed by atoms with Crippen molar-refractivity contribution in [3.05, 3.63) is 89.6 Å². The van der Waals surface area contributed by atoms with Gasteiger partial charge in [-0.1, -0.05) is 60.2 Å². The Morgan fingerprint density at radius 1 is 1.00 bits per heavy atom. The standard InChI is InChI=1S/C29H32N2O2/c1-22-8-5-9-23(20-22)26-13-6-14-27(30-26)24-10-7-17-31(21-24)28(32)29(15-18-33-19-16-29)25-11-3-2-4-12-25/h2-6,8-9,11-14,20,24H,7,10,15-19,21H2,1H3/t24-/m1/s1. The van der Waals surface area contributed by atoms with Crippen molar-refractivity contribution in [2.75, 3.05) is 26.3 Å². The maximum Gasteiger partial charge on any atom is 0.233 e. The Kier molecular flexibility index (Phi) is 6.28. The summed E-state index contributed by atoms with van der Waals surface area (Å²) in [5.41, 5.74) is 5.12. The lowest BCUT2D eigenvalue weighted by molar-refractivity contribution is -0.142. The summed E-state index contributed by atoms with van der Waals surface area (Å²) in [4.78, 5) is 21.2. The van der Waals surface area contributed by atoms with Crippen LogP contribution in [0.5, 0.6) is 0 Å². The Labute approximate surface area is 196 Å². The van der Waals surface area contributed by atoms with Gasteiger partial charge in [0.15, 0.2) is 0 Å². The molecule has 1 aromatic heterocycles. The molecule has 1 atom stereocenters. The van der Waals surface area contributed by atoms with Gasteiger partial charge >= 0.3 is 0 Å². The number of aryl methyl sites for hydroxylation is 1. The van der Waals surface area contributed by atoms with Crippen molar-refractivity contribution in [3.63, 3.8) is 0 Å². The van der Waals surface area contributed by atoms with Crippen LogP contribution in [0.25, 0.3) is 11.3 Å². The van der Waals surface area contributed by atoms with Gasteiger partial charge in [-0.3, -0.25) is 9.78 Å². The number of likely N-dealkylation sites (tertiary alicyclic amines) is 1. The minimum absolute atomic E-state index is 0.261. The molecule has 0 aliphatic carbocycles. The Morgan fingerprint density at radius 3 is 2.58 bits per heavy atom. The summed E-state index contributed by atoms with van der Waals surface area (Å²) in [6, 6.07) is 25.1. The van der Waals surface area contributed by atoms with Crippen molar-refractivity contribution in [1.29, 1.82) is 0 Å². The molecule has 0 spiro atoms. The number of pyridine rings is 1. The van der Waals surface area contributed by atoms with Crippen LogP contribution in [0, 0.1) is 6.92 Å². The Bertz CT molecular complexity index is 1110. The monoisotopic (exact) mass is 440 g/mol. The molecule has 0 bridgehead atoms. The van der Waals surface area contributed by atoms with E-state index in [0.717, 1.165) is 61.3 Å². The van der Waals surface area contributed by atoms with Crippen molar-refractivity contribution < 1.29 is 9.53 Å². The largest absolute Gasteiger partial charge is 0.381 e. The van der Waals surface area contributed by atoms with Gasteiger partial charge in [-0.05, 0) is 56.4 Å². The molecule has 33 heavy (non-hydrogen) atoms. The lowest BCUT2D eigenvalue weighted by Gasteiger charge is -2.42. The predicted octanol–water partition coefficient (Wildman–Crippen LogP) is 5.51. The highest BCUT2D eigenvalue weighted by atomic mass is 16.5. The molecule has 170 valence electrons. The molecular formula is C29H32N2O2. The lowest BCUT2D eigenvalue weighted by Crippen LogP contribution is -2.52. The van der Waals surface area contributed by atoms with Crippen LogP contribution in [0.3, 0.4) is 0 Å². The normalized spacial score (nSPS) is 20.4. The first-order chi connectivity index (χ1) is 16.2. The second kappa shape index (κ2) is 9.48. The SMILES string of the molecule is Cc1cccc(-c2cccc([C@@H]3CCCN(C(=O)C4(c5ccccc5)CCOCC4)C3)n2)c1. The summed E-state index contributed by atoms with van der Waals surface area (Å²) >= 11 is 0. The summed E-state index contributed by atoms with van der Waals surface area (Å²) in [6.07, 6.45) is 3.57. The minimum Gasteiger partial charge on any atom is -0.381 e. The molecule has 0 unspecified atom stereocenters. The second-order valence-corrected chi connectivity index (χ2v) is 9.47. The van der Waals surface area contributed by atoms with Gasteiger partial charge in [-0.15, -0.1) is 0 Å². The third kappa shape index (κ3) is 4.45. The van der Waals surface area contributed by atoms with E-state index in [-0.39, 0.29) is 11.8 Å². The first kappa shape index (κ1) is 21.8. The summed E-state index contributed by atoms with van der Waals surface area (Å²) in [5.74, 6) is 0.525. The van der Waals surface area contributed by atoms with Crippen LogP contribution in [0.1, 0.15) is 48.4 Å². The number of nitrogens with zero attached hydrogens (tertiary/aromatic N) is 2. The number of hydrogen-bond donors (Lipinski definition) is 0. The van der Waals surface area contributed by atoms with E-state index in [9.17, 15) is 4.79 Å². The number of carbonyl (C=O) groups is 1. The maximum absolute atomic E-state index is 14.0. The van der Waals surface area contributed by atoms with Crippen LogP contribution < -0.4 is 0 Å². The molecule has 3 heterocycles. The van der Waals surface area contributed by atoms with Crippen molar-refractivity contribution in [2.45, 2.75) is 43.9 Å². The fraction of sp³-hybridized carbons (Fsp3) is 0.379. The van der Waals surface area contributed by atoms with Gasteiger partial charge in [-0.2, -0.15) is 0 Å². The van der Waals surface area contributed by atoms with Crippen LogP contribution in [0.4, 0.5) is 0 Å². The van der Waals surface area contributed by atoms with E-state index in [0.29, 0.717) is 13.2 Å². The van der Waals surface area contributed by atoms with Crippen LogP contribution in [0.2, 0.25) is 0 Å². The van der Waals surface area contributed by atoms with Crippen LogP contribution in [-0.4, -0.2) is 42.1 Å². The highest BCUT2D eigenvalue weighted by Crippen LogP contribution is 2.38. The van der Waals surface area contributed by atoms with Gasteiger partial charge in [0, 0.05) is 43.5 Å². The van der Waals surface area contributed by atoms with Crippen molar-refractivity contribution in [3.8, 4) is 11.3 Å². The van der Waals surface area contributed by atoms with Gasteiger partial charge in [0.1, 0.15) is 0 Å². The molecule has 2 aliphatic heterocycles. The second-order valence-electron chi connectivity index (χ2n) is 9.47. The maximum atomic E-state index is 14.0. The van der Waals surface area contributed by atoms with E-state index in [1.165, 1.54) is 5.56 Å². The molecule has 2 aromatic carbocycles. The number of ether oxygens (including phenoxy) is 1. The number of amides is 1. The van der Waals surface area contributed by atoms with Crippen LogP contribution in [0.15, 0.2) is 72.8 Å². The molecule has 0 saturated carbocycles. The fourth-order valence-electron chi connectivity index (χ4n) is 5.45. The third-order valence-electron chi connectivity index (χ3n) is 7.29. The number of rotatable bonds is 4. The molecule has 4 nitrogen and oxygen atoms in total. The van der Waals surface area contributed by atoms with Crippen LogP contribution >= 0.6 is 0 Å². The lowest BCUT2D eigenvalue weighted by atomic mass is 9.72. The van der Waals surface area contributed by atoms with E-state index in [1.54, 1.807) is 0 Å². The number of piperidine rings is 1. The van der Waals surface area contributed by atoms with E-state index in [4.69, 9.17) is 9.72 Å². The van der Waals surface area contributed by atoms with Gasteiger partial charge < -0.3 is 9.64 Å². The van der Waals surface area contributed by atoms with Gasteiger partial charge in [0.25, 0.3) is 0 Å². The highest BCUT2D eigenvalue weighted by molar-refractivity contribution is 5.88. The van der Waals surface area contributed by atoms with Crippen LogP contribution in [-0.2, 0) is 14.9 Å². The molecule has 2 saturated heterocycles. The summed E-state index contributed by atoms with van der Waals surface area (Å²) in [7, 11) is 0.